The number of aliphatic imine (C=N–C) groups is 1. The Balaban J connectivity index is 1.59. The lowest BCUT2D eigenvalue weighted by Crippen LogP contribution is -2.23. The van der Waals surface area contributed by atoms with Crippen LogP contribution in [0.1, 0.15) is 25.0 Å². The Morgan fingerprint density at radius 1 is 0.882 bits per heavy atom. The number of hydrogen-bond donors (Lipinski definition) is 0. The molecule has 166 valence electrons. The third-order valence-electron chi connectivity index (χ3n) is 6.46. The number of hydrogen-bond acceptors (Lipinski definition) is 4. The van der Waals surface area contributed by atoms with E-state index < -0.39 is 0 Å². The molecular formula is C30H25N3O. The Bertz CT molecular complexity index is 1440. The van der Waals surface area contributed by atoms with E-state index in [1.807, 2.05) is 66.7 Å². The van der Waals surface area contributed by atoms with E-state index in [1.54, 1.807) is 6.21 Å². The van der Waals surface area contributed by atoms with Crippen LogP contribution in [-0.2, 0) is 5.41 Å². The highest BCUT2D eigenvalue weighted by Gasteiger charge is 2.37. The van der Waals surface area contributed by atoms with Gasteiger partial charge in [-0.1, -0.05) is 92.7 Å². The van der Waals surface area contributed by atoms with Gasteiger partial charge in [0, 0.05) is 41.2 Å². The van der Waals surface area contributed by atoms with E-state index in [4.69, 9.17) is 4.42 Å². The summed E-state index contributed by atoms with van der Waals surface area (Å²) in [6, 6.07) is 30.5. The SMILES string of the molecule is CN1/C(=C/C=Nc2oc(-c3ccccc3)c(-c3ccccc3)c2C#N)C(C)(C)c2ccccc21. The van der Waals surface area contributed by atoms with E-state index in [9.17, 15) is 5.26 Å². The third kappa shape index (κ3) is 3.52. The minimum atomic E-state index is -0.150. The van der Waals surface area contributed by atoms with Crippen molar-refractivity contribution in [1.29, 1.82) is 5.26 Å². The monoisotopic (exact) mass is 443 g/mol. The summed E-state index contributed by atoms with van der Waals surface area (Å²) in [4.78, 5) is 6.81. The molecule has 0 saturated carbocycles. The number of fused-ring (bicyclic) bond motifs is 1. The summed E-state index contributed by atoms with van der Waals surface area (Å²) in [6.45, 7) is 4.42. The van der Waals surface area contributed by atoms with Crippen molar-refractivity contribution >= 4 is 17.8 Å². The fourth-order valence-electron chi connectivity index (χ4n) is 4.76. The Labute approximate surface area is 200 Å². The lowest BCUT2D eigenvalue weighted by molar-refractivity contribution is 0.593. The van der Waals surface area contributed by atoms with Crippen LogP contribution in [0.5, 0.6) is 0 Å². The lowest BCUT2D eigenvalue weighted by atomic mass is 9.84. The van der Waals surface area contributed by atoms with Gasteiger partial charge in [-0.25, -0.2) is 4.99 Å². The molecule has 5 rings (SSSR count). The standard InChI is InChI=1S/C30H25N3O/c1-30(2)24-16-10-11-17-25(24)33(3)26(30)18-19-32-29-23(20-31)27(21-12-6-4-7-13-21)28(34-29)22-14-8-5-9-15-22/h4-19H,1-3H3/b26-18+,32-19?. The molecule has 4 nitrogen and oxygen atoms in total. The molecule has 34 heavy (non-hydrogen) atoms. The number of anilines is 1. The number of nitrogens with zero attached hydrogens (tertiary/aromatic N) is 3. The average molecular weight is 444 g/mol. The Morgan fingerprint density at radius 2 is 1.50 bits per heavy atom. The van der Waals surface area contributed by atoms with Crippen molar-refractivity contribution in [2.75, 3.05) is 11.9 Å². The zero-order chi connectivity index (χ0) is 23.7. The van der Waals surface area contributed by atoms with Crippen molar-refractivity contribution in [3.05, 3.63) is 108 Å². The number of nitriles is 1. The molecule has 0 N–H and O–H groups in total. The van der Waals surface area contributed by atoms with E-state index >= 15 is 0 Å². The van der Waals surface area contributed by atoms with Crippen molar-refractivity contribution in [1.82, 2.24) is 0 Å². The fraction of sp³-hybridized carbons (Fsp3) is 0.133. The molecule has 1 aliphatic rings. The summed E-state index contributed by atoms with van der Waals surface area (Å²) in [6.07, 6.45) is 3.75. The second kappa shape index (κ2) is 8.53. The van der Waals surface area contributed by atoms with Crippen LogP contribution in [0.2, 0.25) is 0 Å². The van der Waals surface area contributed by atoms with Crippen molar-refractivity contribution in [2.45, 2.75) is 19.3 Å². The highest BCUT2D eigenvalue weighted by molar-refractivity contribution is 5.89. The van der Waals surface area contributed by atoms with Gasteiger partial charge in [0.05, 0.1) is 0 Å². The van der Waals surface area contributed by atoms with Gasteiger partial charge in [0.1, 0.15) is 17.4 Å². The van der Waals surface area contributed by atoms with Crippen LogP contribution >= 0.6 is 0 Å². The minimum Gasteiger partial charge on any atom is -0.436 e. The van der Waals surface area contributed by atoms with Gasteiger partial charge in [-0.3, -0.25) is 0 Å². The summed E-state index contributed by atoms with van der Waals surface area (Å²) in [5, 5.41) is 10.1. The maximum absolute atomic E-state index is 10.1. The maximum Gasteiger partial charge on any atom is 0.238 e. The zero-order valence-electron chi connectivity index (χ0n) is 19.5. The van der Waals surface area contributed by atoms with Crippen LogP contribution in [0.3, 0.4) is 0 Å². The van der Waals surface area contributed by atoms with Crippen molar-refractivity contribution in [3.63, 3.8) is 0 Å². The van der Waals surface area contributed by atoms with Gasteiger partial charge in [0.2, 0.25) is 5.88 Å². The second-order valence-electron chi connectivity index (χ2n) is 8.86. The Morgan fingerprint density at radius 3 is 2.15 bits per heavy atom. The maximum atomic E-state index is 10.1. The van der Waals surface area contributed by atoms with Gasteiger partial charge < -0.3 is 9.32 Å². The second-order valence-corrected chi connectivity index (χ2v) is 8.86. The summed E-state index contributed by atoms with van der Waals surface area (Å²) in [5.41, 5.74) is 6.49. The van der Waals surface area contributed by atoms with Crippen LogP contribution in [0.15, 0.2) is 106 Å². The summed E-state index contributed by atoms with van der Waals surface area (Å²) >= 11 is 0. The van der Waals surface area contributed by atoms with Crippen LogP contribution in [0.25, 0.3) is 22.5 Å². The molecule has 0 atom stereocenters. The van der Waals surface area contributed by atoms with Crippen LogP contribution in [0.4, 0.5) is 11.6 Å². The number of rotatable bonds is 4. The predicted molar refractivity (Wildman–Crippen MR) is 138 cm³/mol. The van der Waals surface area contributed by atoms with E-state index in [2.05, 4.69) is 61.1 Å². The van der Waals surface area contributed by atoms with E-state index in [1.165, 1.54) is 11.3 Å². The Hall–Kier alpha value is -4.36. The van der Waals surface area contributed by atoms with Gasteiger partial charge in [-0.05, 0) is 23.3 Å². The molecule has 4 aromatic rings. The molecular weight excluding hydrogens is 418 g/mol. The average Bonchev–Trinajstić information content (AvgIpc) is 3.33. The number of para-hydroxylation sites is 1. The molecule has 0 amide bonds. The number of benzene rings is 3. The number of allylic oxidation sites excluding steroid dienone is 2. The first-order valence-electron chi connectivity index (χ1n) is 11.3. The molecule has 0 fully saturated rings. The normalized spacial score (nSPS) is 15.6. The van der Waals surface area contributed by atoms with Gasteiger partial charge in [0.25, 0.3) is 0 Å². The first-order chi connectivity index (χ1) is 16.5. The lowest BCUT2D eigenvalue weighted by Gasteiger charge is -2.23. The predicted octanol–water partition coefficient (Wildman–Crippen LogP) is 7.50. The summed E-state index contributed by atoms with van der Waals surface area (Å²) < 4.78 is 6.22. The highest BCUT2D eigenvalue weighted by atomic mass is 16.4. The zero-order valence-corrected chi connectivity index (χ0v) is 19.5. The smallest absolute Gasteiger partial charge is 0.238 e. The van der Waals surface area contributed by atoms with Crippen molar-refractivity contribution in [3.8, 4) is 28.5 Å². The molecule has 1 aromatic heterocycles. The summed E-state index contributed by atoms with van der Waals surface area (Å²) in [7, 11) is 2.07. The fourth-order valence-corrected chi connectivity index (χ4v) is 4.76. The molecule has 1 aliphatic heterocycles. The molecule has 4 heteroatoms. The molecule has 3 aromatic carbocycles. The van der Waals surface area contributed by atoms with E-state index in [-0.39, 0.29) is 5.41 Å². The molecule has 2 heterocycles. The van der Waals surface area contributed by atoms with Crippen LogP contribution < -0.4 is 4.90 Å². The van der Waals surface area contributed by atoms with Gasteiger partial charge in [-0.2, -0.15) is 5.26 Å². The van der Waals surface area contributed by atoms with Gasteiger partial charge in [-0.15, -0.1) is 0 Å². The van der Waals surface area contributed by atoms with Crippen molar-refractivity contribution in [2.24, 2.45) is 4.99 Å². The van der Waals surface area contributed by atoms with Gasteiger partial charge >= 0.3 is 0 Å². The first-order valence-corrected chi connectivity index (χ1v) is 11.3. The van der Waals surface area contributed by atoms with Crippen LogP contribution in [0, 0.1) is 11.3 Å². The Kier molecular flexibility index (Phi) is 5.39. The largest absolute Gasteiger partial charge is 0.436 e. The van der Waals surface area contributed by atoms with Crippen molar-refractivity contribution < 1.29 is 4.42 Å². The molecule has 0 spiro atoms. The van der Waals surface area contributed by atoms with E-state index in [0.29, 0.717) is 17.2 Å². The molecule has 0 aliphatic carbocycles. The van der Waals surface area contributed by atoms with E-state index in [0.717, 1.165) is 22.4 Å². The molecule has 0 unspecified atom stereocenters. The molecule has 0 bridgehead atoms. The van der Waals surface area contributed by atoms with Crippen LogP contribution in [-0.4, -0.2) is 13.3 Å². The highest BCUT2D eigenvalue weighted by Crippen LogP contribution is 2.46. The minimum absolute atomic E-state index is 0.150. The third-order valence-corrected chi connectivity index (χ3v) is 6.46. The molecule has 0 radical (unpaired) electrons. The first kappa shape index (κ1) is 21.5. The number of likely N-dealkylation sites (N-methyl/N-ethyl adjacent to an activating group) is 1. The topological polar surface area (TPSA) is 52.5 Å². The summed E-state index contributed by atoms with van der Waals surface area (Å²) in [5.74, 6) is 0.960. The molecule has 0 saturated heterocycles. The number of furan rings is 1. The van der Waals surface area contributed by atoms with Gasteiger partial charge in [0.15, 0.2) is 0 Å². The quantitative estimate of drug-likeness (QED) is 0.307.